The molecular weight excluding hydrogens is 372 g/mol. The molecule has 0 saturated carbocycles. The van der Waals surface area contributed by atoms with Gasteiger partial charge >= 0.3 is 0 Å². The number of carbonyl (C=O) groups excluding carboxylic acids is 4. The van der Waals surface area contributed by atoms with E-state index in [1.54, 1.807) is 12.1 Å². The van der Waals surface area contributed by atoms with E-state index < -0.39 is 23.8 Å². The van der Waals surface area contributed by atoms with E-state index in [0.29, 0.717) is 17.7 Å². The summed E-state index contributed by atoms with van der Waals surface area (Å²) < 4.78 is 0. The monoisotopic (exact) mass is 398 g/mol. The average molecular weight is 398 g/mol. The molecule has 3 heterocycles. The second-order valence-electron chi connectivity index (χ2n) is 8.52. The largest absolute Gasteiger partial charge is 0.316 e. The lowest BCUT2D eigenvalue weighted by molar-refractivity contribution is -0.136. The molecule has 2 atom stereocenters. The van der Waals surface area contributed by atoms with Gasteiger partial charge in [0.25, 0.3) is 11.8 Å². The van der Waals surface area contributed by atoms with Crippen LogP contribution in [0, 0.1) is 5.41 Å². The summed E-state index contributed by atoms with van der Waals surface area (Å²) >= 11 is 0. The molecule has 3 aliphatic rings. The van der Waals surface area contributed by atoms with E-state index in [1.807, 2.05) is 6.07 Å². The van der Waals surface area contributed by atoms with Crippen molar-refractivity contribution in [2.45, 2.75) is 45.2 Å². The van der Waals surface area contributed by atoms with E-state index in [1.165, 1.54) is 12.8 Å². The Morgan fingerprint density at radius 3 is 2.69 bits per heavy atom. The van der Waals surface area contributed by atoms with Crippen LogP contribution in [0.5, 0.6) is 0 Å². The first-order valence-corrected chi connectivity index (χ1v) is 10.1. The quantitative estimate of drug-likeness (QED) is 0.626. The molecule has 29 heavy (non-hydrogen) atoms. The molecule has 2 fully saturated rings. The minimum absolute atomic E-state index is 0.118. The van der Waals surface area contributed by atoms with Crippen LogP contribution < -0.4 is 16.0 Å². The van der Waals surface area contributed by atoms with Gasteiger partial charge in [0.15, 0.2) is 0 Å². The zero-order chi connectivity index (χ0) is 20.6. The fourth-order valence-corrected chi connectivity index (χ4v) is 4.41. The van der Waals surface area contributed by atoms with Crippen molar-refractivity contribution in [1.82, 2.24) is 20.9 Å². The van der Waals surface area contributed by atoms with Crippen LogP contribution in [-0.4, -0.2) is 54.2 Å². The Balaban J connectivity index is 1.44. The Morgan fingerprint density at radius 1 is 1.17 bits per heavy atom. The Hall–Kier alpha value is -2.58. The van der Waals surface area contributed by atoms with Crippen LogP contribution in [0.4, 0.5) is 0 Å². The zero-order valence-corrected chi connectivity index (χ0v) is 16.5. The van der Waals surface area contributed by atoms with Crippen LogP contribution in [0.25, 0.3) is 0 Å². The predicted octanol–water partition coefficient (Wildman–Crippen LogP) is 0.567. The van der Waals surface area contributed by atoms with Gasteiger partial charge < -0.3 is 10.6 Å². The maximum absolute atomic E-state index is 12.9. The highest BCUT2D eigenvalue weighted by Gasteiger charge is 2.44. The highest BCUT2D eigenvalue weighted by atomic mass is 16.2. The number of imide groups is 2. The highest BCUT2D eigenvalue weighted by Crippen LogP contribution is 2.29. The molecule has 4 rings (SSSR count). The summed E-state index contributed by atoms with van der Waals surface area (Å²) in [5.41, 5.74) is 1.77. The Bertz CT molecular complexity index is 875. The number of hydrogen-bond acceptors (Lipinski definition) is 6. The standard InChI is InChI=1S/C21H26N4O4/c1-21(7-2-8-22-11-21)12-23-10-13-3-4-14-15(9-13)20(29)25(19(14)28)16-5-6-17(26)24-18(16)27/h3-4,9,16,22-23H,2,5-8,10-12H2,1H3,(H,24,26,27). The SMILES string of the molecule is CC1(CNCc2ccc3c(c2)C(=O)N(C2CCC(=O)NC2=O)C3=O)CCCNC1. The molecule has 0 bridgehead atoms. The van der Waals surface area contributed by atoms with Crippen molar-refractivity contribution in [3.63, 3.8) is 0 Å². The van der Waals surface area contributed by atoms with Crippen LogP contribution in [-0.2, 0) is 16.1 Å². The molecule has 2 saturated heterocycles. The van der Waals surface area contributed by atoms with Crippen LogP contribution >= 0.6 is 0 Å². The van der Waals surface area contributed by atoms with Gasteiger partial charge in [0.2, 0.25) is 11.8 Å². The normalized spacial score (nSPS) is 27.2. The summed E-state index contributed by atoms with van der Waals surface area (Å²) in [5.74, 6) is -1.91. The number of fused-ring (bicyclic) bond motifs is 1. The topological polar surface area (TPSA) is 108 Å². The van der Waals surface area contributed by atoms with E-state index in [4.69, 9.17) is 0 Å². The average Bonchev–Trinajstić information content (AvgIpc) is 2.93. The van der Waals surface area contributed by atoms with E-state index in [2.05, 4.69) is 22.9 Å². The number of piperidine rings is 2. The molecule has 1 aromatic carbocycles. The summed E-state index contributed by atoms with van der Waals surface area (Å²) in [6, 6.07) is 4.30. The van der Waals surface area contributed by atoms with Gasteiger partial charge in [-0.15, -0.1) is 0 Å². The molecule has 2 unspecified atom stereocenters. The maximum atomic E-state index is 12.9. The second kappa shape index (κ2) is 7.68. The van der Waals surface area contributed by atoms with Crippen molar-refractivity contribution in [2.75, 3.05) is 19.6 Å². The van der Waals surface area contributed by atoms with Gasteiger partial charge in [-0.2, -0.15) is 0 Å². The molecule has 8 heteroatoms. The van der Waals surface area contributed by atoms with Gasteiger partial charge in [-0.3, -0.25) is 29.4 Å². The number of nitrogens with one attached hydrogen (secondary N) is 3. The molecule has 0 aromatic heterocycles. The van der Waals surface area contributed by atoms with Crippen LogP contribution in [0.3, 0.4) is 0 Å². The molecule has 0 aliphatic carbocycles. The van der Waals surface area contributed by atoms with Crippen molar-refractivity contribution in [3.8, 4) is 0 Å². The number of rotatable bonds is 5. The molecule has 154 valence electrons. The lowest BCUT2D eigenvalue weighted by Gasteiger charge is -2.34. The van der Waals surface area contributed by atoms with E-state index in [0.717, 1.165) is 30.1 Å². The summed E-state index contributed by atoms with van der Waals surface area (Å²) in [7, 11) is 0. The summed E-state index contributed by atoms with van der Waals surface area (Å²) in [6.45, 7) is 5.78. The Kier molecular flexibility index (Phi) is 5.23. The Morgan fingerprint density at radius 2 is 1.97 bits per heavy atom. The first kappa shape index (κ1) is 19.7. The van der Waals surface area contributed by atoms with Crippen molar-refractivity contribution < 1.29 is 19.2 Å². The van der Waals surface area contributed by atoms with Gasteiger partial charge in [0, 0.05) is 26.1 Å². The Labute approximate surface area is 169 Å². The molecule has 0 spiro atoms. The zero-order valence-electron chi connectivity index (χ0n) is 16.5. The molecule has 4 amide bonds. The third-order valence-corrected chi connectivity index (χ3v) is 6.07. The van der Waals surface area contributed by atoms with Crippen molar-refractivity contribution in [1.29, 1.82) is 0 Å². The van der Waals surface area contributed by atoms with Crippen molar-refractivity contribution >= 4 is 23.6 Å². The van der Waals surface area contributed by atoms with Crippen LogP contribution in [0.1, 0.15) is 58.9 Å². The van der Waals surface area contributed by atoms with Gasteiger partial charge in [-0.05, 0) is 48.9 Å². The van der Waals surface area contributed by atoms with Gasteiger partial charge in [-0.25, -0.2) is 0 Å². The van der Waals surface area contributed by atoms with Gasteiger partial charge in [0.1, 0.15) is 6.04 Å². The minimum atomic E-state index is -0.930. The second-order valence-corrected chi connectivity index (χ2v) is 8.52. The fraction of sp³-hybridized carbons (Fsp3) is 0.524. The summed E-state index contributed by atoms with van der Waals surface area (Å²) in [6.07, 6.45) is 2.62. The van der Waals surface area contributed by atoms with Crippen LogP contribution in [0.2, 0.25) is 0 Å². The molecule has 0 radical (unpaired) electrons. The number of amides is 4. The lowest BCUT2D eigenvalue weighted by Crippen LogP contribution is -2.54. The number of nitrogens with zero attached hydrogens (tertiary/aromatic N) is 1. The molecule has 3 aliphatic heterocycles. The molecule has 1 aromatic rings. The van der Waals surface area contributed by atoms with Crippen molar-refractivity contribution in [2.24, 2.45) is 5.41 Å². The molecule has 8 nitrogen and oxygen atoms in total. The number of benzene rings is 1. The predicted molar refractivity (Wildman–Crippen MR) is 105 cm³/mol. The third-order valence-electron chi connectivity index (χ3n) is 6.07. The number of carbonyl (C=O) groups is 4. The van der Waals surface area contributed by atoms with Crippen molar-refractivity contribution in [3.05, 3.63) is 34.9 Å². The smallest absolute Gasteiger partial charge is 0.262 e. The van der Waals surface area contributed by atoms with E-state index in [-0.39, 0.29) is 24.2 Å². The fourth-order valence-electron chi connectivity index (χ4n) is 4.41. The van der Waals surface area contributed by atoms with Crippen LogP contribution in [0.15, 0.2) is 18.2 Å². The maximum Gasteiger partial charge on any atom is 0.262 e. The van der Waals surface area contributed by atoms with E-state index in [9.17, 15) is 19.2 Å². The molecule has 3 N–H and O–H groups in total. The third kappa shape index (κ3) is 3.82. The minimum Gasteiger partial charge on any atom is -0.316 e. The first-order chi connectivity index (χ1) is 13.9. The van der Waals surface area contributed by atoms with E-state index >= 15 is 0 Å². The number of hydrogen-bond donors (Lipinski definition) is 3. The lowest BCUT2D eigenvalue weighted by atomic mass is 9.83. The summed E-state index contributed by atoms with van der Waals surface area (Å²) in [5, 5.41) is 9.10. The summed E-state index contributed by atoms with van der Waals surface area (Å²) in [4.78, 5) is 50.1. The first-order valence-electron chi connectivity index (χ1n) is 10.1. The van der Waals surface area contributed by atoms with Gasteiger partial charge in [0.05, 0.1) is 11.1 Å². The highest BCUT2D eigenvalue weighted by molar-refractivity contribution is 6.23. The van der Waals surface area contributed by atoms with Gasteiger partial charge in [-0.1, -0.05) is 13.0 Å². The molecular formula is C21H26N4O4.